The minimum Gasteiger partial charge on any atom is -0.481 e. The number of β-lactam (4-membered cyclic amide) rings is 1. The molecular formula is C21H31NO5Si. The number of hydrogen-bond donors (Lipinski definition) is 2. The number of carboxylic acids is 1. The third-order valence-corrected chi connectivity index (χ3v) is 10.4. The first-order valence-corrected chi connectivity index (χ1v) is 12.5. The van der Waals surface area contributed by atoms with Gasteiger partial charge in [-0.1, -0.05) is 39.0 Å². The Morgan fingerprint density at radius 2 is 1.93 bits per heavy atom. The molecule has 6 nitrogen and oxygen atoms in total. The number of hydrogen-bond acceptors (Lipinski definition) is 4. The van der Waals surface area contributed by atoms with E-state index in [-0.39, 0.29) is 47.6 Å². The zero-order valence-electron chi connectivity index (χ0n) is 17.5. The van der Waals surface area contributed by atoms with Gasteiger partial charge in [-0.25, -0.2) is 0 Å². The molecule has 2 rings (SSSR count). The molecule has 154 valence electrons. The topological polar surface area (TPSA) is 92.7 Å². The Balaban J connectivity index is 2.05. The van der Waals surface area contributed by atoms with Gasteiger partial charge in [-0.2, -0.15) is 0 Å². The lowest BCUT2D eigenvalue weighted by atomic mass is 9.82. The van der Waals surface area contributed by atoms with E-state index in [1.54, 1.807) is 24.3 Å². The molecule has 0 saturated carbocycles. The standard InChI is InChI=1S/C21H31NO5Si/c1-13(27-28(5,6)21(2,3)4)19-16(22-20(19)26)12-17(23)15-9-7-8-14(10-15)11-18(24)25/h7-10,13,16,19H,11-12H2,1-6H3,(H,22,26)(H,24,25)/t13-,16+,19+/m0/s1. The number of amides is 1. The monoisotopic (exact) mass is 405 g/mol. The summed E-state index contributed by atoms with van der Waals surface area (Å²) in [5, 5.41) is 11.8. The molecule has 0 aliphatic carbocycles. The number of carboxylic acid groups (broad SMARTS) is 1. The van der Waals surface area contributed by atoms with E-state index in [1.807, 2.05) is 6.92 Å². The van der Waals surface area contributed by atoms with Crippen molar-refractivity contribution in [3.63, 3.8) is 0 Å². The van der Waals surface area contributed by atoms with Crippen molar-refractivity contribution in [3.05, 3.63) is 35.4 Å². The van der Waals surface area contributed by atoms with Crippen LogP contribution in [-0.2, 0) is 20.4 Å². The Kier molecular flexibility index (Phi) is 6.50. The van der Waals surface area contributed by atoms with Gasteiger partial charge < -0.3 is 14.8 Å². The molecular weight excluding hydrogens is 374 g/mol. The second-order valence-corrected chi connectivity index (χ2v) is 13.9. The number of carbonyl (C=O) groups is 3. The Morgan fingerprint density at radius 3 is 2.46 bits per heavy atom. The summed E-state index contributed by atoms with van der Waals surface area (Å²) in [6.07, 6.45) is -0.204. The first-order chi connectivity index (χ1) is 12.8. The minimum atomic E-state index is -2.02. The van der Waals surface area contributed by atoms with Gasteiger partial charge >= 0.3 is 5.97 Å². The molecule has 1 amide bonds. The first-order valence-electron chi connectivity index (χ1n) is 9.64. The normalized spacial score (nSPS) is 20.9. The van der Waals surface area contributed by atoms with E-state index in [0.29, 0.717) is 11.1 Å². The Morgan fingerprint density at radius 1 is 1.29 bits per heavy atom. The summed E-state index contributed by atoms with van der Waals surface area (Å²) < 4.78 is 6.36. The number of rotatable bonds is 8. The SMILES string of the molecule is C[C@H](O[Si](C)(C)C(C)(C)C)[C@H]1C(=O)N[C@@H]1CC(=O)c1cccc(CC(=O)O)c1. The molecule has 0 aromatic heterocycles. The number of benzene rings is 1. The smallest absolute Gasteiger partial charge is 0.307 e. The summed E-state index contributed by atoms with van der Waals surface area (Å²) in [6, 6.07) is 6.41. The maximum absolute atomic E-state index is 12.7. The van der Waals surface area contributed by atoms with Crippen LogP contribution in [0.15, 0.2) is 24.3 Å². The van der Waals surface area contributed by atoms with Crippen LogP contribution in [0, 0.1) is 5.92 Å². The summed E-state index contributed by atoms with van der Waals surface area (Å²) in [4.78, 5) is 35.7. The molecule has 0 spiro atoms. The molecule has 0 radical (unpaired) electrons. The molecule has 1 aromatic carbocycles. The van der Waals surface area contributed by atoms with Crippen LogP contribution in [0.5, 0.6) is 0 Å². The van der Waals surface area contributed by atoms with Gasteiger partial charge in [0.25, 0.3) is 0 Å². The molecule has 1 aliphatic heterocycles. The summed E-state index contributed by atoms with van der Waals surface area (Å²) in [5.41, 5.74) is 1.05. The average molecular weight is 406 g/mol. The zero-order chi connectivity index (χ0) is 21.3. The second kappa shape index (κ2) is 8.17. The van der Waals surface area contributed by atoms with Crippen molar-refractivity contribution in [1.82, 2.24) is 5.32 Å². The van der Waals surface area contributed by atoms with Crippen LogP contribution >= 0.6 is 0 Å². The summed E-state index contributed by atoms with van der Waals surface area (Å²) >= 11 is 0. The number of aliphatic carboxylic acids is 1. The quantitative estimate of drug-likeness (QED) is 0.393. The molecule has 28 heavy (non-hydrogen) atoms. The lowest BCUT2D eigenvalue weighted by Crippen LogP contribution is -2.64. The maximum atomic E-state index is 12.7. The van der Waals surface area contributed by atoms with Gasteiger partial charge in [-0.15, -0.1) is 0 Å². The van der Waals surface area contributed by atoms with Crippen molar-refractivity contribution >= 4 is 26.0 Å². The summed E-state index contributed by atoms with van der Waals surface area (Å²) in [7, 11) is -2.02. The summed E-state index contributed by atoms with van der Waals surface area (Å²) in [5.74, 6) is -1.47. The minimum absolute atomic E-state index is 0.0391. The summed E-state index contributed by atoms with van der Waals surface area (Å²) in [6.45, 7) is 12.7. The van der Waals surface area contributed by atoms with E-state index in [4.69, 9.17) is 9.53 Å². The third kappa shape index (κ3) is 5.08. The molecule has 1 saturated heterocycles. The Labute approximate surface area is 167 Å². The molecule has 3 atom stereocenters. The lowest BCUT2D eigenvalue weighted by molar-refractivity contribution is -0.140. The van der Waals surface area contributed by atoms with Gasteiger partial charge in [-0.3, -0.25) is 14.4 Å². The highest BCUT2D eigenvalue weighted by atomic mass is 28.4. The predicted octanol–water partition coefficient (Wildman–Crippen LogP) is 3.41. The van der Waals surface area contributed by atoms with E-state index in [9.17, 15) is 14.4 Å². The highest BCUT2D eigenvalue weighted by Crippen LogP contribution is 2.39. The van der Waals surface area contributed by atoms with Crippen LogP contribution in [0.25, 0.3) is 0 Å². The van der Waals surface area contributed by atoms with Gasteiger partial charge in [0, 0.05) is 12.0 Å². The molecule has 7 heteroatoms. The first kappa shape index (κ1) is 22.3. The van der Waals surface area contributed by atoms with Gasteiger partial charge in [0.2, 0.25) is 5.91 Å². The lowest BCUT2D eigenvalue weighted by Gasteiger charge is -2.45. The zero-order valence-corrected chi connectivity index (χ0v) is 18.5. The molecule has 1 aliphatic rings. The Bertz CT molecular complexity index is 768. The van der Waals surface area contributed by atoms with Gasteiger partial charge in [0.15, 0.2) is 14.1 Å². The van der Waals surface area contributed by atoms with Crippen LogP contribution in [0.3, 0.4) is 0 Å². The van der Waals surface area contributed by atoms with Crippen molar-refractivity contribution in [2.75, 3.05) is 0 Å². The fourth-order valence-corrected chi connectivity index (χ4v) is 4.66. The Hall–Kier alpha value is -1.99. The molecule has 2 N–H and O–H groups in total. The molecule has 1 aromatic rings. The highest BCUT2D eigenvalue weighted by molar-refractivity contribution is 6.74. The maximum Gasteiger partial charge on any atom is 0.307 e. The van der Waals surface area contributed by atoms with Crippen LogP contribution < -0.4 is 5.32 Å². The van der Waals surface area contributed by atoms with Crippen molar-refractivity contribution in [2.24, 2.45) is 5.92 Å². The average Bonchev–Trinajstić information content (AvgIpc) is 2.51. The van der Waals surface area contributed by atoms with E-state index < -0.39 is 14.3 Å². The highest BCUT2D eigenvalue weighted by Gasteiger charge is 2.47. The van der Waals surface area contributed by atoms with Crippen LogP contribution in [0.2, 0.25) is 18.1 Å². The van der Waals surface area contributed by atoms with E-state index >= 15 is 0 Å². The number of ketones is 1. The van der Waals surface area contributed by atoms with Crippen molar-refractivity contribution in [1.29, 1.82) is 0 Å². The fraction of sp³-hybridized carbons (Fsp3) is 0.571. The van der Waals surface area contributed by atoms with Crippen molar-refractivity contribution in [3.8, 4) is 0 Å². The number of carbonyl (C=O) groups excluding carboxylic acids is 2. The molecule has 0 bridgehead atoms. The van der Waals surface area contributed by atoms with Gasteiger partial charge in [0.05, 0.1) is 24.5 Å². The second-order valence-electron chi connectivity index (χ2n) is 9.12. The largest absolute Gasteiger partial charge is 0.481 e. The van der Waals surface area contributed by atoms with Crippen molar-refractivity contribution < 1.29 is 23.9 Å². The van der Waals surface area contributed by atoms with Crippen LogP contribution in [-0.4, -0.2) is 43.2 Å². The van der Waals surface area contributed by atoms with E-state index in [1.165, 1.54) is 0 Å². The van der Waals surface area contributed by atoms with Gasteiger partial charge in [0.1, 0.15) is 0 Å². The molecule has 0 unspecified atom stereocenters. The van der Waals surface area contributed by atoms with Gasteiger partial charge in [-0.05, 0) is 36.7 Å². The number of nitrogens with one attached hydrogen (secondary N) is 1. The third-order valence-electron chi connectivity index (χ3n) is 5.87. The van der Waals surface area contributed by atoms with Crippen LogP contribution in [0.1, 0.15) is 50.0 Å². The fourth-order valence-electron chi connectivity index (χ4n) is 3.24. The molecule has 1 fully saturated rings. The van der Waals surface area contributed by atoms with Crippen molar-refractivity contribution in [2.45, 2.75) is 70.8 Å². The van der Waals surface area contributed by atoms with E-state index in [0.717, 1.165) is 0 Å². The number of Topliss-reactive ketones (excluding diaryl/α,β-unsaturated/α-hetero) is 1. The van der Waals surface area contributed by atoms with Crippen LogP contribution in [0.4, 0.5) is 0 Å². The predicted molar refractivity (Wildman–Crippen MR) is 110 cm³/mol. The van der Waals surface area contributed by atoms with E-state index in [2.05, 4.69) is 39.2 Å². The molecule has 1 heterocycles.